The zero-order valence-corrected chi connectivity index (χ0v) is 17.6. The Morgan fingerprint density at radius 3 is 2.25 bits per heavy atom. The van der Waals surface area contributed by atoms with Crippen LogP contribution >= 0.6 is 11.6 Å². The maximum atomic E-state index is 12.8. The van der Waals surface area contributed by atoms with E-state index in [1.807, 2.05) is 6.07 Å². The standard InChI is InChI=1S/C23H33ClF2O2/c1-27-14-2-3-16-4-6-17(7-5-16)18-8-10-19(11-9-18)21-13-12-20(24)15-22(21)28-23(25)26/h12-13,15-19,23H,2-11,14H2,1H3. The molecule has 0 heterocycles. The van der Waals surface area contributed by atoms with Crippen molar-refractivity contribution in [1.29, 1.82) is 0 Å². The molecule has 0 aromatic heterocycles. The molecule has 2 fully saturated rings. The Balaban J connectivity index is 1.49. The predicted octanol–water partition coefficient (Wildman–Crippen LogP) is 7.45. The van der Waals surface area contributed by atoms with Crippen LogP contribution in [0, 0.1) is 17.8 Å². The van der Waals surface area contributed by atoms with Crippen LogP contribution in [0.25, 0.3) is 0 Å². The number of halogens is 3. The lowest BCUT2D eigenvalue weighted by molar-refractivity contribution is -0.0507. The van der Waals surface area contributed by atoms with E-state index in [-0.39, 0.29) is 5.75 Å². The molecule has 0 spiro atoms. The minimum Gasteiger partial charge on any atom is -0.434 e. The summed E-state index contributed by atoms with van der Waals surface area (Å²) in [5, 5.41) is 0.440. The van der Waals surface area contributed by atoms with Gasteiger partial charge in [-0.2, -0.15) is 8.78 Å². The highest BCUT2D eigenvalue weighted by Gasteiger charge is 2.32. The molecular weight excluding hydrogens is 382 g/mol. The fraction of sp³-hybridized carbons (Fsp3) is 0.739. The molecule has 0 amide bonds. The molecule has 0 bridgehead atoms. The first-order valence-corrected chi connectivity index (χ1v) is 11.2. The lowest BCUT2D eigenvalue weighted by Crippen LogP contribution is -2.25. The largest absolute Gasteiger partial charge is 0.434 e. The highest BCUT2D eigenvalue weighted by atomic mass is 35.5. The Bertz CT molecular complexity index is 594. The lowest BCUT2D eigenvalue weighted by Gasteiger charge is -2.38. The number of methoxy groups -OCH3 is 1. The number of ether oxygens (including phenoxy) is 2. The fourth-order valence-electron chi connectivity index (χ4n) is 5.41. The van der Waals surface area contributed by atoms with Crippen molar-refractivity contribution >= 4 is 11.6 Å². The molecule has 0 aliphatic heterocycles. The first-order valence-electron chi connectivity index (χ1n) is 10.8. The van der Waals surface area contributed by atoms with Crippen molar-refractivity contribution in [2.24, 2.45) is 17.8 Å². The van der Waals surface area contributed by atoms with Gasteiger partial charge in [-0.05, 0) is 92.7 Å². The zero-order chi connectivity index (χ0) is 19.9. The van der Waals surface area contributed by atoms with Crippen molar-refractivity contribution in [1.82, 2.24) is 0 Å². The molecule has 28 heavy (non-hydrogen) atoms. The molecule has 5 heteroatoms. The average molecular weight is 415 g/mol. The molecular formula is C23H33ClF2O2. The molecule has 2 nitrogen and oxygen atoms in total. The van der Waals surface area contributed by atoms with E-state index in [0.717, 1.165) is 42.8 Å². The van der Waals surface area contributed by atoms with Crippen LogP contribution in [-0.4, -0.2) is 20.3 Å². The van der Waals surface area contributed by atoms with Crippen LogP contribution in [-0.2, 0) is 4.74 Å². The van der Waals surface area contributed by atoms with Gasteiger partial charge >= 0.3 is 6.61 Å². The summed E-state index contributed by atoms with van der Waals surface area (Å²) in [7, 11) is 1.78. The zero-order valence-electron chi connectivity index (χ0n) is 16.8. The van der Waals surface area contributed by atoms with Crippen molar-refractivity contribution in [2.75, 3.05) is 13.7 Å². The maximum absolute atomic E-state index is 12.8. The monoisotopic (exact) mass is 414 g/mol. The summed E-state index contributed by atoms with van der Waals surface area (Å²) in [4.78, 5) is 0. The van der Waals surface area contributed by atoms with Gasteiger partial charge in [-0.1, -0.05) is 30.5 Å². The molecule has 0 saturated heterocycles. The van der Waals surface area contributed by atoms with Gasteiger partial charge in [0.05, 0.1) is 0 Å². The molecule has 2 aliphatic carbocycles. The van der Waals surface area contributed by atoms with E-state index in [2.05, 4.69) is 0 Å². The first kappa shape index (κ1) is 21.8. The van der Waals surface area contributed by atoms with Gasteiger partial charge in [0.1, 0.15) is 5.75 Å². The molecule has 1 aromatic carbocycles. The molecule has 0 N–H and O–H groups in total. The van der Waals surface area contributed by atoms with Gasteiger partial charge < -0.3 is 9.47 Å². The average Bonchev–Trinajstić information content (AvgIpc) is 2.69. The van der Waals surface area contributed by atoms with Gasteiger partial charge in [-0.3, -0.25) is 0 Å². The summed E-state index contributed by atoms with van der Waals surface area (Å²) in [5.41, 5.74) is 0.894. The Hall–Kier alpha value is -0.870. The van der Waals surface area contributed by atoms with E-state index in [1.54, 1.807) is 13.2 Å². The van der Waals surface area contributed by atoms with Gasteiger partial charge in [-0.25, -0.2) is 0 Å². The van der Waals surface area contributed by atoms with Crippen molar-refractivity contribution in [3.63, 3.8) is 0 Å². The van der Waals surface area contributed by atoms with Gasteiger partial charge in [0.2, 0.25) is 0 Å². The number of alkyl halides is 2. The van der Waals surface area contributed by atoms with Crippen LogP contribution in [0.2, 0.25) is 5.02 Å². The SMILES string of the molecule is COCCCC1CCC(C2CCC(c3ccc(Cl)cc3OC(F)F)CC2)CC1. The predicted molar refractivity (Wildman–Crippen MR) is 109 cm³/mol. The summed E-state index contributed by atoms with van der Waals surface area (Å²) in [5.74, 6) is 3.07. The van der Waals surface area contributed by atoms with E-state index in [9.17, 15) is 8.78 Å². The van der Waals surface area contributed by atoms with E-state index in [0.29, 0.717) is 10.9 Å². The summed E-state index contributed by atoms with van der Waals surface area (Å²) in [6.45, 7) is -1.93. The minimum absolute atomic E-state index is 0.252. The van der Waals surface area contributed by atoms with Crippen molar-refractivity contribution in [3.8, 4) is 5.75 Å². The molecule has 1 aromatic rings. The van der Waals surface area contributed by atoms with Crippen molar-refractivity contribution in [3.05, 3.63) is 28.8 Å². The Labute approximate surface area is 172 Å². The van der Waals surface area contributed by atoms with Gasteiger partial charge in [0.25, 0.3) is 0 Å². The summed E-state index contributed by atoms with van der Waals surface area (Å²) in [6.07, 6.45) is 12.4. The molecule has 0 radical (unpaired) electrons. The first-order chi connectivity index (χ1) is 13.6. The number of hydrogen-bond donors (Lipinski definition) is 0. The van der Waals surface area contributed by atoms with E-state index in [4.69, 9.17) is 21.1 Å². The van der Waals surface area contributed by atoms with Crippen LogP contribution in [0.1, 0.15) is 75.7 Å². The van der Waals surface area contributed by atoms with Crippen LogP contribution in [0.15, 0.2) is 18.2 Å². The van der Waals surface area contributed by atoms with Crippen LogP contribution in [0.4, 0.5) is 8.78 Å². The normalized spacial score (nSPS) is 28.5. The van der Waals surface area contributed by atoms with Crippen LogP contribution in [0.5, 0.6) is 5.75 Å². The Kier molecular flexibility index (Phi) is 8.40. The molecule has 3 rings (SSSR count). The second-order valence-corrected chi connectivity index (χ2v) is 9.02. The molecule has 0 unspecified atom stereocenters. The third-order valence-electron chi connectivity index (χ3n) is 6.92. The topological polar surface area (TPSA) is 18.5 Å². The third kappa shape index (κ3) is 6.06. The van der Waals surface area contributed by atoms with Gasteiger partial charge in [0, 0.05) is 18.7 Å². The van der Waals surface area contributed by atoms with Crippen LogP contribution in [0.3, 0.4) is 0 Å². The second-order valence-electron chi connectivity index (χ2n) is 8.59. The number of rotatable bonds is 8. The quantitative estimate of drug-likeness (QED) is 0.411. The molecule has 2 aliphatic rings. The van der Waals surface area contributed by atoms with Crippen molar-refractivity contribution in [2.45, 2.75) is 76.7 Å². The second kappa shape index (κ2) is 10.8. The summed E-state index contributed by atoms with van der Waals surface area (Å²) >= 11 is 5.98. The number of benzene rings is 1. The number of hydrogen-bond acceptors (Lipinski definition) is 2. The minimum atomic E-state index is -2.81. The lowest BCUT2D eigenvalue weighted by atomic mass is 9.68. The van der Waals surface area contributed by atoms with Crippen LogP contribution < -0.4 is 4.74 Å². The Morgan fingerprint density at radius 1 is 1.00 bits per heavy atom. The van der Waals surface area contributed by atoms with E-state index < -0.39 is 6.61 Å². The van der Waals surface area contributed by atoms with Gasteiger partial charge in [-0.15, -0.1) is 0 Å². The maximum Gasteiger partial charge on any atom is 0.387 e. The third-order valence-corrected chi connectivity index (χ3v) is 7.16. The summed E-state index contributed by atoms with van der Waals surface area (Å²) < 4.78 is 35.4. The molecule has 0 atom stereocenters. The Morgan fingerprint density at radius 2 is 1.64 bits per heavy atom. The molecule has 2 saturated carbocycles. The molecule has 158 valence electrons. The highest BCUT2D eigenvalue weighted by molar-refractivity contribution is 6.30. The van der Waals surface area contributed by atoms with E-state index >= 15 is 0 Å². The highest BCUT2D eigenvalue weighted by Crippen LogP contribution is 2.46. The van der Waals surface area contributed by atoms with Crippen molar-refractivity contribution < 1.29 is 18.3 Å². The van der Waals surface area contributed by atoms with E-state index in [1.165, 1.54) is 57.4 Å². The fourth-order valence-corrected chi connectivity index (χ4v) is 5.57. The smallest absolute Gasteiger partial charge is 0.387 e. The summed E-state index contributed by atoms with van der Waals surface area (Å²) in [6, 6.07) is 5.18. The van der Waals surface area contributed by atoms with Gasteiger partial charge in [0.15, 0.2) is 0 Å².